The Hall–Kier alpha value is -13.2. The molecule has 2 fully saturated rings. The Labute approximate surface area is 751 Å². The van der Waals surface area contributed by atoms with Gasteiger partial charge in [-0.15, -0.1) is 5.10 Å². The first-order chi connectivity index (χ1) is 61.8. The molecule has 0 unspecified atom stereocenters. The number of aliphatic hydroxyl groups excluding tert-OH is 1. The maximum absolute atomic E-state index is 14.1. The van der Waals surface area contributed by atoms with Crippen LogP contribution in [0, 0.1) is 35.5 Å². The number of carboxylic acid groups (broad SMARTS) is 4. The molecule has 2 aromatic carbocycles. The van der Waals surface area contributed by atoms with Crippen LogP contribution in [0.2, 0.25) is 0 Å². The van der Waals surface area contributed by atoms with Gasteiger partial charge in [-0.2, -0.15) is 0 Å². The third kappa shape index (κ3) is 34.1. The molecule has 19 N–H and O–H groups in total. The van der Waals surface area contributed by atoms with Crippen LogP contribution in [0.1, 0.15) is 172 Å². The number of allylic oxidation sites excluding steroid dienone is 7. The quantitative estimate of drug-likeness (QED) is 0.0124. The molecule has 2 aliphatic carbocycles. The number of nitrogens with one attached hydrogen (secondary N) is 10. The molecule has 1 saturated heterocycles. The van der Waals surface area contributed by atoms with E-state index in [2.05, 4.69) is 65.8 Å². The number of primary amides is 2. The number of anilines is 1. The van der Waals surface area contributed by atoms with E-state index < -0.39 is 194 Å². The molecule has 41 nitrogen and oxygen atoms in total. The van der Waals surface area contributed by atoms with Crippen molar-refractivity contribution in [2.75, 3.05) is 32.1 Å². The Morgan fingerprint density at radius 1 is 0.662 bits per heavy atom. The molecule has 3 aromatic rings. The van der Waals surface area contributed by atoms with Crippen LogP contribution in [0.25, 0.3) is 5.69 Å². The number of carbonyl (C=O) groups excluding carboxylic acids is 12. The number of urea groups is 1. The average Bonchev–Trinajstić information content (AvgIpc) is 1.61. The van der Waals surface area contributed by atoms with Crippen molar-refractivity contribution in [2.24, 2.45) is 47.0 Å². The summed E-state index contributed by atoms with van der Waals surface area (Å²) >= 11 is 0. The number of aryl methyl sites for hydroxylation is 1. The van der Waals surface area contributed by atoms with Crippen LogP contribution < -0.4 is 64.6 Å². The summed E-state index contributed by atoms with van der Waals surface area (Å²) in [5.41, 5.74) is 15.9. The van der Waals surface area contributed by atoms with Crippen molar-refractivity contribution in [3.05, 3.63) is 143 Å². The number of benzene rings is 2. The molecule has 708 valence electrons. The Morgan fingerprint density at radius 2 is 1.27 bits per heavy atom. The van der Waals surface area contributed by atoms with E-state index in [9.17, 15) is 102 Å². The number of ether oxygens (including phenoxy) is 5. The van der Waals surface area contributed by atoms with E-state index in [1.54, 1.807) is 73.1 Å². The fraction of sp³-hybridized carbons (Fsp3) is 0.528. The first-order valence-corrected chi connectivity index (χ1v) is 43.2. The number of methoxy groups -OCH3 is 1. The molecule has 7 rings (SSSR count). The third-order valence-corrected chi connectivity index (χ3v) is 22.6. The van der Waals surface area contributed by atoms with Gasteiger partial charge in [-0.1, -0.05) is 105 Å². The Balaban J connectivity index is 0.865. The van der Waals surface area contributed by atoms with Crippen LogP contribution >= 0.6 is 0 Å². The molecule has 41 heteroatoms. The lowest BCUT2D eigenvalue weighted by atomic mass is 9.87. The molecule has 1 saturated carbocycles. The number of nitrogens with zero attached hydrogens (tertiary/aromatic N) is 3. The minimum absolute atomic E-state index is 0.00533. The van der Waals surface area contributed by atoms with Crippen molar-refractivity contribution in [2.45, 2.75) is 237 Å². The van der Waals surface area contributed by atoms with E-state index in [1.807, 2.05) is 80.9 Å². The smallest absolute Gasteiger partial charge is 0.408 e. The van der Waals surface area contributed by atoms with Gasteiger partial charge in [0.25, 0.3) is 5.91 Å². The summed E-state index contributed by atoms with van der Waals surface area (Å²) in [6.45, 7) is 13.3. The molecule has 0 spiro atoms. The number of carbonyl (C=O) groups is 16. The van der Waals surface area contributed by atoms with Gasteiger partial charge in [0.15, 0.2) is 0 Å². The van der Waals surface area contributed by atoms with Crippen molar-refractivity contribution < 1.29 is 126 Å². The average molecular weight is 1820 g/mol. The van der Waals surface area contributed by atoms with Gasteiger partial charge in [0, 0.05) is 55.6 Å². The molecule has 1 aromatic heterocycles. The summed E-state index contributed by atoms with van der Waals surface area (Å²) in [5.74, 6) is -14.9. The normalized spacial score (nSPS) is 20.5. The zero-order chi connectivity index (χ0) is 95.4. The van der Waals surface area contributed by atoms with E-state index >= 15 is 0 Å². The van der Waals surface area contributed by atoms with E-state index in [0.717, 1.165) is 42.5 Å². The summed E-state index contributed by atoms with van der Waals surface area (Å²) < 4.78 is 29.9. The largest absolute Gasteiger partial charge is 0.481 e. The van der Waals surface area contributed by atoms with Gasteiger partial charge in [0.05, 0.1) is 80.4 Å². The molecule has 0 radical (unpaired) electrons. The van der Waals surface area contributed by atoms with E-state index in [4.69, 9.17) is 35.2 Å². The monoisotopic (exact) mass is 1820 g/mol. The zero-order valence-electron chi connectivity index (χ0n) is 73.9. The molecular weight excluding hydrogens is 1700 g/mol. The van der Waals surface area contributed by atoms with E-state index in [0.29, 0.717) is 42.6 Å². The lowest BCUT2D eigenvalue weighted by Crippen LogP contribution is -2.59. The molecule has 2 aliphatic heterocycles. The summed E-state index contributed by atoms with van der Waals surface area (Å²) in [6.07, 6.45) is 15.2. The van der Waals surface area contributed by atoms with Gasteiger partial charge in [-0.25, -0.2) is 28.7 Å². The van der Waals surface area contributed by atoms with Crippen molar-refractivity contribution in [3.63, 3.8) is 0 Å². The molecule has 17 atom stereocenters. The predicted molar refractivity (Wildman–Crippen MR) is 467 cm³/mol. The van der Waals surface area contributed by atoms with Crippen LogP contribution in [0.15, 0.2) is 120 Å². The number of cyclic esters (lactones) is 1. The van der Waals surface area contributed by atoms with Crippen molar-refractivity contribution >= 4 is 101 Å². The van der Waals surface area contributed by atoms with Gasteiger partial charge in [0.2, 0.25) is 35.4 Å². The van der Waals surface area contributed by atoms with Crippen LogP contribution in [-0.2, 0) is 101 Å². The maximum atomic E-state index is 14.1. The number of rotatable bonds is 50. The first kappa shape index (κ1) is 104. The van der Waals surface area contributed by atoms with E-state index in [1.165, 1.54) is 6.08 Å². The molecular formula is C89H121N15O26. The minimum Gasteiger partial charge on any atom is -0.481 e. The van der Waals surface area contributed by atoms with E-state index in [-0.39, 0.29) is 112 Å². The number of nitrogens with two attached hydrogens (primary N) is 2. The van der Waals surface area contributed by atoms with Crippen LogP contribution in [0.5, 0.6) is 0 Å². The summed E-state index contributed by atoms with van der Waals surface area (Å²) in [6, 6.07) is 0.00979. The second kappa shape index (κ2) is 51.7. The highest BCUT2D eigenvalue weighted by atomic mass is 16.6. The number of esters is 2. The number of aromatic nitrogens is 3. The van der Waals surface area contributed by atoms with Gasteiger partial charge in [0.1, 0.15) is 49.0 Å². The lowest BCUT2D eigenvalue weighted by molar-refractivity contribution is -0.147. The topological polar surface area (TPSA) is 623 Å². The Morgan fingerprint density at radius 3 is 1.88 bits per heavy atom. The van der Waals surface area contributed by atoms with Gasteiger partial charge in [-0.3, -0.25) is 58.1 Å². The molecule has 11 amide bonds. The first-order valence-electron chi connectivity index (χ1n) is 43.2. The van der Waals surface area contributed by atoms with Crippen molar-refractivity contribution in [1.82, 2.24) is 62.8 Å². The van der Waals surface area contributed by atoms with Crippen molar-refractivity contribution in [3.8, 4) is 5.69 Å². The highest BCUT2D eigenvalue weighted by molar-refractivity contribution is 6.00. The number of aliphatic hydroxyl groups is 1. The minimum atomic E-state index is -2.12. The Bertz CT molecular complexity index is 4680. The standard InChI is InChI=1S/C89H121N15O26/c1-9-16-71-52(7)69(105)45-72(129-71)61(21-13-18-50(5)41-49(4)17-12-19-51(6)70-23-14-24-77(113)130-70)100-88(124)127-46-53-25-29-55(30-26-53)94-80(115)62(22-15-40-93-87(91)123)96-84(119)78(48(2)3)101-89(125)128-47-59-57-33-35-60-68(37-34-58(57)59)104(103-102-60)56-31-27-54(28-32-56)79(114)92-39-11-10-20-64(86(122)126-8)97-82(117)66(43-75(109)110)99-83(118)67(44-76(111)112)98-81(116)65(42-74(107)108)95-63(85(120)121)36-38-73(90)106/h9,12-14,16-19,21,24-32,48-49,52,57-59,61-67,69-72,78,95,105H,10-11,15,20,22-23,33-47H2,1-8H3,(H2,90,106)(H,92,114)(H,94,115)(H,96,119)(H,97,117)(H,98,116)(H,99,118)(H,100,124)(H,101,125)(H,107,108)(H,109,110)(H,111,112)(H,120,121)(H3,91,93,123)/b16-9+,17-12-,21-13+,50-18+,51-19+/t49-,52-,57+,58-,59+,61-,62-,63-,64-,65-,66-,67-,69+,70+,71-,72-,78-/m0/s1. The molecule has 4 aliphatic rings. The summed E-state index contributed by atoms with van der Waals surface area (Å²) in [7, 11) is 1.01. The second-order valence-electron chi connectivity index (χ2n) is 33.0. The number of alkyl carbamates (subject to hydrolysis) is 2. The number of hydrogen-bond donors (Lipinski definition) is 17. The molecule has 130 heavy (non-hydrogen) atoms. The van der Waals surface area contributed by atoms with Gasteiger partial charge in [-0.05, 0) is 169 Å². The fourth-order valence-electron chi connectivity index (χ4n) is 15.3. The SMILES string of the molecule is C/C=C/[C@@H]1O[C@H]([C@H](/C=C/C=C(\C)C[C@@H](C)/C=C\C=C(/C)[C@H]2CC=CC(=O)O2)NC(=O)OCc2ccc(NC(=O)[C@H](CCCNC(N)=O)NC(=O)[C@@H](NC(=O)OC[C@@H]3[C@@H]4CCc5nnn(-c6ccc(C(=O)NCCCC[C@H](NC(=O)[C@H](CC(=O)O)NC(=O)[C@H](CC(=O)O)NC(=O)[C@H](CC(=O)O)N[C@@H](CCC(N)=O)C(=O)O)C(=O)OC)cc6)c5CC[C@@H]43)C(C)C)cc2)C[C@@H](O)[C@@H]1C. The summed E-state index contributed by atoms with van der Waals surface area (Å²) in [4.78, 5) is 204. The van der Waals surface area contributed by atoms with Gasteiger partial charge < -0.3 is 109 Å². The van der Waals surface area contributed by atoms with Crippen LogP contribution in [0.4, 0.5) is 20.1 Å². The number of unbranched alkanes of at least 4 members (excludes halogenated alkanes) is 1. The molecule has 0 bridgehead atoms. The highest BCUT2D eigenvalue weighted by Crippen LogP contribution is 2.53. The third-order valence-electron chi connectivity index (χ3n) is 22.6. The molecule has 3 heterocycles. The second-order valence-corrected chi connectivity index (χ2v) is 33.0. The number of carboxylic acids is 4. The van der Waals surface area contributed by atoms with Gasteiger partial charge >= 0.3 is 54.0 Å². The predicted octanol–water partition coefficient (Wildman–Crippen LogP) is 4.19. The zero-order valence-corrected chi connectivity index (χ0v) is 73.9. The lowest BCUT2D eigenvalue weighted by Gasteiger charge is -2.39. The number of hydrogen-bond acceptors (Lipinski definition) is 25. The summed E-state index contributed by atoms with van der Waals surface area (Å²) in [5, 5.41) is 83.4. The van der Waals surface area contributed by atoms with Crippen LogP contribution in [0.3, 0.4) is 0 Å². The Kier molecular flexibility index (Phi) is 41.3. The highest BCUT2D eigenvalue weighted by Gasteiger charge is 2.51. The fourth-order valence-corrected chi connectivity index (χ4v) is 15.3. The number of amides is 11. The number of aliphatic carboxylic acids is 4. The number of fused-ring (bicyclic) bond motifs is 2. The maximum Gasteiger partial charge on any atom is 0.408 e. The van der Waals surface area contributed by atoms with Crippen LogP contribution in [-0.4, -0.2) is 235 Å². The van der Waals surface area contributed by atoms with Crippen molar-refractivity contribution in [1.29, 1.82) is 0 Å².